The van der Waals surface area contributed by atoms with Crippen LogP contribution in [0.4, 0.5) is 8.78 Å². The van der Waals surface area contributed by atoms with Crippen molar-refractivity contribution in [2.24, 2.45) is 5.73 Å². The summed E-state index contributed by atoms with van der Waals surface area (Å²) in [6.45, 7) is 2.80. The standard InChI is InChI=1S/C15H22F2N2O2/c1-11(2)12-3-5-13(6-4-12)21-8-7-14(20)19-10-15(16,17)9-18/h3-6,11H,7-10,18H2,1-2H3,(H,19,20). The van der Waals surface area contributed by atoms with Gasteiger partial charge in [0.25, 0.3) is 5.92 Å². The maximum absolute atomic E-state index is 12.8. The SMILES string of the molecule is CC(C)c1ccc(OCCC(=O)NCC(F)(F)CN)cc1. The molecular formula is C15H22F2N2O2. The van der Waals surface area contributed by atoms with Crippen LogP contribution in [0.15, 0.2) is 24.3 Å². The van der Waals surface area contributed by atoms with Crippen molar-refractivity contribution >= 4 is 5.91 Å². The first kappa shape index (κ1) is 17.4. The van der Waals surface area contributed by atoms with Crippen LogP contribution in [0.3, 0.4) is 0 Å². The molecule has 21 heavy (non-hydrogen) atoms. The third kappa shape index (κ3) is 6.53. The van der Waals surface area contributed by atoms with Gasteiger partial charge in [-0.2, -0.15) is 0 Å². The van der Waals surface area contributed by atoms with E-state index >= 15 is 0 Å². The van der Waals surface area contributed by atoms with E-state index in [2.05, 4.69) is 19.2 Å². The molecule has 0 atom stereocenters. The highest BCUT2D eigenvalue weighted by Gasteiger charge is 2.26. The smallest absolute Gasteiger partial charge is 0.277 e. The van der Waals surface area contributed by atoms with Crippen molar-refractivity contribution in [2.45, 2.75) is 32.1 Å². The number of ether oxygens (including phenoxy) is 1. The fraction of sp³-hybridized carbons (Fsp3) is 0.533. The molecule has 6 heteroatoms. The molecule has 0 aliphatic heterocycles. The molecule has 0 saturated carbocycles. The van der Waals surface area contributed by atoms with Gasteiger partial charge in [0.05, 0.1) is 26.1 Å². The molecule has 0 aliphatic rings. The van der Waals surface area contributed by atoms with Gasteiger partial charge in [-0.3, -0.25) is 4.79 Å². The van der Waals surface area contributed by atoms with Crippen molar-refractivity contribution in [3.8, 4) is 5.75 Å². The molecule has 3 N–H and O–H groups in total. The zero-order valence-corrected chi connectivity index (χ0v) is 12.4. The van der Waals surface area contributed by atoms with Gasteiger partial charge in [0.1, 0.15) is 5.75 Å². The minimum Gasteiger partial charge on any atom is -0.493 e. The van der Waals surface area contributed by atoms with Crippen LogP contribution in [-0.2, 0) is 4.79 Å². The Bertz CT molecular complexity index is 447. The van der Waals surface area contributed by atoms with E-state index in [1.165, 1.54) is 5.56 Å². The summed E-state index contributed by atoms with van der Waals surface area (Å²) in [5, 5.41) is 2.14. The van der Waals surface area contributed by atoms with Gasteiger partial charge in [-0.25, -0.2) is 8.78 Å². The summed E-state index contributed by atoms with van der Waals surface area (Å²) in [5.74, 6) is -2.46. The summed E-state index contributed by atoms with van der Waals surface area (Å²) in [6.07, 6.45) is 0.0204. The number of alkyl halides is 2. The number of rotatable bonds is 8. The number of nitrogens with one attached hydrogen (secondary N) is 1. The van der Waals surface area contributed by atoms with Gasteiger partial charge >= 0.3 is 0 Å². The molecule has 0 bridgehead atoms. The summed E-state index contributed by atoms with van der Waals surface area (Å²) < 4.78 is 31.1. The van der Waals surface area contributed by atoms with Gasteiger partial charge < -0.3 is 15.8 Å². The highest BCUT2D eigenvalue weighted by molar-refractivity contribution is 5.76. The summed E-state index contributed by atoms with van der Waals surface area (Å²) in [5.41, 5.74) is 6.07. The second-order valence-corrected chi connectivity index (χ2v) is 5.16. The Labute approximate surface area is 123 Å². The van der Waals surface area contributed by atoms with Crippen LogP contribution >= 0.6 is 0 Å². The van der Waals surface area contributed by atoms with Crippen LogP contribution in [-0.4, -0.2) is 31.5 Å². The first-order valence-corrected chi connectivity index (χ1v) is 6.91. The van der Waals surface area contributed by atoms with Crippen molar-refractivity contribution in [3.05, 3.63) is 29.8 Å². The van der Waals surface area contributed by atoms with Crippen LogP contribution in [0.5, 0.6) is 5.75 Å². The Morgan fingerprint density at radius 2 is 1.95 bits per heavy atom. The van der Waals surface area contributed by atoms with Crippen molar-refractivity contribution in [3.63, 3.8) is 0 Å². The van der Waals surface area contributed by atoms with Gasteiger partial charge in [0, 0.05) is 0 Å². The van der Waals surface area contributed by atoms with Gasteiger partial charge in [-0.15, -0.1) is 0 Å². The molecule has 1 aromatic rings. The van der Waals surface area contributed by atoms with E-state index in [4.69, 9.17) is 10.5 Å². The Hall–Kier alpha value is -1.69. The van der Waals surface area contributed by atoms with Gasteiger partial charge in [0.2, 0.25) is 5.91 Å². The molecule has 1 aromatic carbocycles. The van der Waals surface area contributed by atoms with E-state index in [9.17, 15) is 13.6 Å². The van der Waals surface area contributed by atoms with Crippen LogP contribution in [0.25, 0.3) is 0 Å². The van der Waals surface area contributed by atoms with E-state index < -0.39 is 24.9 Å². The molecule has 0 radical (unpaired) electrons. The molecule has 1 amide bonds. The first-order chi connectivity index (χ1) is 9.84. The summed E-state index contributed by atoms with van der Waals surface area (Å²) in [4.78, 5) is 11.4. The molecule has 0 saturated heterocycles. The predicted molar refractivity (Wildman–Crippen MR) is 77.7 cm³/mol. The molecule has 0 fully saturated rings. The first-order valence-electron chi connectivity index (χ1n) is 6.91. The Morgan fingerprint density at radius 1 is 1.33 bits per heavy atom. The number of benzene rings is 1. The zero-order chi connectivity index (χ0) is 15.9. The molecule has 1 rings (SSSR count). The lowest BCUT2D eigenvalue weighted by Crippen LogP contribution is -2.41. The maximum Gasteiger partial charge on any atom is 0.277 e. The lowest BCUT2D eigenvalue weighted by atomic mass is 10.0. The number of carbonyl (C=O) groups is 1. The molecule has 0 aromatic heterocycles. The predicted octanol–water partition coefficient (Wildman–Crippen LogP) is 2.29. The van der Waals surface area contributed by atoms with Gasteiger partial charge in [-0.05, 0) is 23.6 Å². The van der Waals surface area contributed by atoms with Crippen LogP contribution in [0, 0.1) is 0 Å². The quantitative estimate of drug-likeness (QED) is 0.774. The molecular weight excluding hydrogens is 278 g/mol. The molecule has 0 aliphatic carbocycles. The zero-order valence-electron chi connectivity index (χ0n) is 12.4. The Balaban J connectivity index is 2.28. The average molecular weight is 300 g/mol. The van der Waals surface area contributed by atoms with Crippen molar-refractivity contribution < 1.29 is 18.3 Å². The van der Waals surface area contributed by atoms with Gasteiger partial charge in [0.15, 0.2) is 0 Å². The highest BCUT2D eigenvalue weighted by Crippen LogP contribution is 2.18. The molecule has 0 heterocycles. The highest BCUT2D eigenvalue weighted by atomic mass is 19.3. The van der Waals surface area contributed by atoms with E-state index in [1.54, 1.807) is 0 Å². The minimum atomic E-state index is -3.07. The fourth-order valence-corrected chi connectivity index (χ4v) is 1.60. The van der Waals surface area contributed by atoms with Crippen molar-refractivity contribution in [2.75, 3.05) is 19.7 Å². The van der Waals surface area contributed by atoms with E-state index in [0.717, 1.165) is 0 Å². The largest absolute Gasteiger partial charge is 0.493 e. The van der Waals surface area contributed by atoms with E-state index in [1.807, 2.05) is 24.3 Å². The number of hydrogen-bond acceptors (Lipinski definition) is 3. The number of amides is 1. The van der Waals surface area contributed by atoms with Crippen LogP contribution in [0.1, 0.15) is 31.7 Å². The Kier molecular flexibility index (Phi) is 6.55. The fourth-order valence-electron chi connectivity index (χ4n) is 1.60. The summed E-state index contributed by atoms with van der Waals surface area (Å²) >= 11 is 0. The Morgan fingerprint density at radius 3 is 2.48 bits per heavy atom. The molecule has 0 spiro atoms. The summed E-state index contributed by atoms with van der Waals surface area (Å²) in [7, 11) is 0. The number of nitrogens with two attached hydrogens (primary N) is 1. The maximum atomic E-state index is 12.8. The number of carbonyl (C=O) groups excluding carboxylic acids is 1. The minimum absolute atomic E-state index is 0.0204. The van der Waals surface area contributed by atoms with Crippen LogP contribution in [0.2, 0.25) is 0 Å². The molecule has 4 nitrogen and oxygen atoms in total. The normalized spacial score (nSPS) is 11.5. The third-order valence-corrected chi connectivity index (χ3v) is 2.99. The lowest BCUT2D eigenvalue weighted by Gasteiger charge is -2.14. The van der Waals surface area contributed by atoms with Crippen molar-refractivity contribution in [1.29, 1.82) is 0 Å². The van der Waals surface area contributed by atoms with Gasteiger partial charge in [-0.1, -0.05) is 26.0 Å². The van der Waals surface area contributed by atoms with Crippen molar-refractivity contribution in [1.82, 2.24) is 5.32 Å². The molecule has 118 valence electrons. The van der Waals surface area contributed by atoms with E-state index in [-0.39, 0.29) is 13.0 Å². The molecule has 0 unspecified atom stereocenters. The third-order valence-electron chi connectivity index (χ3n) is 2.99. The number of halogens is 2. The number of hydrogen-bond donors (Lipinski definition) is 2. The average Bonchev–Trinajstić information content (AvgIpc) is 2.46. The second-order valence-electron chi connectivity index (χ2n) is 5.16. The monoisotopic (exact) mass is 300 g/mol. The lowest BCUT2D eigenvalue weighted by molar-refractivity contribution is -0.123. The topological polar surface area (TPSA) is 64.3 Å². The second kappa shape index (κ2) is 7.93. The van der Waals surface area contributed by atoms with Crippen LogP contribution < -0.4 is 15.8 Å². The summed E-state index contributed by atoms with van der Waals surface area (Å²) in [6, 6.07) is 7.58. The van der Waals surface area contributed by atoms with E-state index in [0.29, 0.717) is 11.7 Å².